The van der Waals surface area contributed by atoms with E-state index in [0.29, 0.717) is 52.7 Å². The lowest BCUT2D eigenvalue weighted by Gasteiger charge is -2.26. The van der Waals surface area contributed by atoms with E-state index in [1.54, 1.807) is 63.2 Å². The van der Waals surface area contributed by atoms with E-state index in [-0.39, 0.29) is 23.8 Å². The number of halogens is 4. The first kappa shape index (κ1) is 32.3. The molecule has 0 spiro atoms. The van der Waals surface area contributed by atoms with Gasteiger partial charge in [0, 0.05) is 20.6 Å². The zero-order chi connectivity index (χ0) is 31.7. The molecule has 1 aromatic heterocycles. The summed E-state index contributed by atoms with van der Waals surface area (Å²) >= 11 is 23.3. The number of thiazole rings is 1. The number of rotatable bonds is 8. The number of fused-ring (bicyclic) bond motifs is 1. The van der Waals surface area contributed by atoms with Crippen LogP contribution in [0.4, 0.5) is 0 Å². The van der Waals surface area contributed by atoms with Crippen LogP contribution in [0.3, 0.4) is 0 Å². The molecule has 0 N–H and O–H groups in total. The van der Waals surface area contributed by atoms with E-state index < -0.39 is 12.0 Å². The summed E-state index contributed by atoms with van der Waals surface area (Å²) in [5, 5.41) is 1.35. The standard InChI is InChI=1S/C32H26BrCl3N2O5S/c1-16(2)43-31(40)28-17(3)37-32-38(29(28)22-14-20(33)6-9-26(22)41-4)30(39)27(44-32)13-19-12-21(34)7-10-25(19)42-15-18-5-8-23(35)24(36)11-18/h5-14,16,29H,15H2,1-4H3/b27-13-/t29-/m1/s1. The fourth-order valence-electron chi connectivity index (χ4n) is 4.77. The van der Waals surface area contributed by atoms with E-state index in [1.807, 2.05) is 18.2 Å². The second kappa shape index (κ2) is 13.5. The van der Waals surface area contributed by atoms with Crippen molar-refractivity contribution in [2.24, 2.45) is 4.99 Å². The largest absolute Gasteiger partial charge is 0.496 e. The normalized spacial score (nSPS) is 14.8. The minimum atomic E-state index is -0.850. The fraction of sp³-hybridized carbons (Fsp3) is 0.219. The number of esters is 1. The van der Waals surface area contributed by atoms with Crippen LogP contribution >= 0.6 is 62.1 Å². The molecule has 0 amide bonds. The third-order valence-electron chi connectivity index (χ3n) is 6.71. The minimum Gasteiger partial charge on any atom is -0.496 e. The minimum absolute atomic E-state index is 0.212. The van der Waals surface area contributed by atoms with Gasteiger partial charge in [-0.25, -0.2) is 9.79 Å². The molecular formula is C32H26BrCl3N2O5S. The van der Waals surface area contributed by atoms with Crippen molar-refractivity contribution in [1.29, 1.82) is 0 Å². The quantitative estimate of drug-likeness (QED) is 0.175. The third-order valence-corrected chi connectivity index (χ3v) is 9.16. The Morgan fingerprint density at radius 1 is 1.07 bits per heavy atom. The van der Waals surface area contributed by atoms with Crippen LogP contribution in [0.5, 0.6) is 11.5 Å². The van der Waals surface area contributed by atoms with Gasteiger partial charge in [0.2, 0.25) is 0 Å². The molecule has 0 bridgehead atoms. The van der Waals surface area contributed by atoms with Crippen LogP contribution in [0.2, 0.25) is 15.1 Å². The number of nitrogens with zero attached hydrogens (tertiary/aromatic N) is 2. The Hall–Kier alpha value is -3.08. The number of aromatic nitrogens is 1. The van der Waals surface area contributed by atoms with E-state index in [2.05, 4.69) is 20.9 Å². The molecule has 228 valence electrons. The van der Waals surface area contributed by atoms with Gasteiger partial charge in [0.15, 0.2) is 4.80 Å². The van der Waals surface area contributed by atoms with E-state index >= 15 is 0 Å². The third kappa shape index (κ3) is 6.77. The van der Waals surface area contributed by atoms with Crippen LogP contribution in [0.1, 0.15) is 43.5 Å². The monoisotopic (exact) mass is 734 g/mol. The number of carbonyl (C=O) groups excluding carboxylic acids is 1. The lowest BCUT2D eigenvalue weighted by Crippen LogP contribution is -2.40. The van der Waals surface area contributed by atoms with Crippen LogP contribution < -0.4 is 24.4 Å². The van der Waals surface area contributed by atoms with Gasteiger partial charge in [0.25, 0.3) is 5.56 Å². The molecule has 5 rings (SSSR count). The van der Waals surface area contributed by atoms with Crippen molar-refractivity contribution in [2.45, 2.75) is 39.5 Å². The number of ether oxygens (including phenoxy) is 3. The molecule has 3 aromatic carbocycles. The molecule has 12 heteroatoms. The van der Waals surface area contributed by atoms with E-state index in [1.165, 1.54) is 23.0 Å². The number of allylic oxidation sites excluding steroid dienone is 1. The number of hydrogen-bond acceptors (Lipinski definition) is 7. The van der Waals surface area contributed by atoms with Crippen molar-refractivity contribution in [1.82, 2.24) is 4.57 Å². The van der Waals surface area contributed by atoms with E-state index in [0.717, 1.165) is 10.0 Å². The SMILES string of the molecule is COc1ccc(Br)cc1[C@@H]1C(C(=O)OC(C)C)=C(C)N=c2s/c(=C\c3cc(Cl)ccc3OCc3ccc(Cl)c(Cl)c3)c(=O)n21. The average molecular weight is 737 g/mol. The summed E-state index contributed by atoms with van der Waals surface area (Å²) in [6.45, 7) is 5.48. The van der Waals surface area contributed by atoms with Crippen LogP contribution in [-0.4, -0.2) is 23.8 Å². The maximum absolute atomic E-state index is 14.2. The molecule has 2 heterocycles. The van der Waals surface area contributed by atoms with Crippen molar-refractivity contribution < 1.29 is 19.0 Å². The van der Waals surface area contributed by atoms with Crippen LogP contribution in [0.15, 0.2) is 80.1 Å². The highest BCUT2D eigenvalue weighted by Crippen LogP contribution is 2.37. The van der Waals surface area contributed by atoms with E-state index in [4.69, 9.17) is 49.0 Å². The second-order valence-corrected chi connectivity index (χ2v) is 13.3. The summed E-state index contributed by atoms with van der Waals surface area (Å²) in [5.74, 6) is 0.453. The number of carbonyl (C=O) groups is 1. The predicted octanol–water partition coefficient (Wildman–Crippen LogP) is 7.50. The Balaban J connectivity index is 1.65. The molecule has 44 heavy (non-hydrogen) atoms. The molecule has 0 saturated heterocycles. The molecule has 1 atom stereocenters. The number of benzene rings is 3. The Labute approximate surface area is 281 Å². The zero-order valence-electron chi connectivity index (χ0n) is 24.0. The molecule has 0 saturated carbocycles. The van der Waals surface area contributed by atoms with Crippen molar-refractivity contribution >= 4 is 74.1 Å². The van der Waals surface area contributed by atoms with Crippen LogP contribution in [-0.2, 0) is 16.1 Å². The van der Waals surface area contributed by atoms with Crippen LogP contribution in [0.25, 0.3) is 6.08 Å². The fourth-order valence-corrected chi connectivity index (χ4v) is 6.69. The molecule has 0 unspecified atom stereocenters. The number of hydrogen-bond donors (Lipinski definition) is 0. The van der Waals surface area contributed by atoms with Gasteiger partial charge in [-0.3, -0.25) is 9.36 Å². The average Bonchev–Trinajstić information content (AvgIpc) is 3.27. The maximum Gasteiger partial charge on any atom is 0.338 e. The van der Waals surface area contributed by atoms with Gasteiger partial charge >= 0.3 is 5.97 Å². The van der Waals surface area contributed by atoms with Crippen molar-refractivity contribution in [3.8, 4) is 11.5 Å². The lowest BCUT2D eigenvalue weighted by molar-refractivity contribution is -0.143. The summed E-state index contributed by atoms with van der Waals surface area (Å²) in [7, 11) is 1.54. The second-order valence-electron chi connectivity index (χ2n) is 10.1. The van der Waals surface area contributed by atoms with Gasteiger partial charge in [-0.2, -0.15) is 0 Å². The van der Waals surface area contributed by atoms with Gasteiger partial charge in [0.05, 0.1) is 39.1 Å². The van der Waals surface area contributed by atoms with Crippen molar-refractivity contribution in [3.63, 3.8) is 0 Å². The first-order valence-corrected chi connectivity index (χ1v) is 16.1. The van der Waals surface area contributed by atoms with Crippen LogP contribution in [0, 0.1) is 0 Å². The van der Waals surface area contributed by atoms with Gasteiger partial charge in [-0.15, -0.1) is 0 Å². The van der Waals surface area contributed by atoms with Gasteiger partial charge in [0.1, 0.15) is 24.1 Å². The zero-order valence-corrected chi connectivity index (χ0v) is 28.7. The van der Waals surface area contributed by atoms with Gasteiger partial charge in [-0.05, 0) is 80.9 Å². The highest BCUT2D eigenvalue weighted by atomic mass is 79.9. The Morgan fingerprint density at radius 2 is 1.82 bits per heavy atom. The Kier molecular flexibility index (Phi) is 9.92. The maximum atomic E-state index is 14.2. The summed E-state index contributed by atoms with van der Waals surface area (Å²) in [5.41, 5.74) is 2.37. The molecule has 0 radical (unpaired) electrons. The number of methoxy groups -OCH3 is 1. The summed E-state index contributed by atoms with van der Waals surface area (Å²) < 4.78 is 20.0. The highest BCUT2D eigenvalue weighted by molar-refractivity contribution is 9.10. The molecule has 7 nitrogen and oxygen atoms in total. The molecule has 1 aliphatic heterocycles. The molecule has 1 aliphatic rings. The first-order chi connectivity index (χ1) is 21.0. The highest BCUT2D eigenvalue weighted by Gasteiger charge is 2.35. The molecule has 0 aliphatic carbocycles. The van der Waals surface area contributed by atoms with E-state index in [9.17, 15) is 9.59 Å². The molecular weight excluding hydrogens is 711 g/mol. The van der Waals surface area contributed by atoms with Crippen molar-refractivity contribution in [2.75, 3.05) is 7.11 Å². The van der Waals surface area contributed by atoms with Crippen molar-refractivity contribution in [3.05, 3.63) is 122 Å². The Morgan fingerprint density at radius 3 is 2.52 bits per heavy atom. The van der Waals surface area contributed by atoms with Gasteiger partial charge in [-0.1, -0.05) is 68.1 Å². The smallest absolute Gasteiger partial charge is 0.338 e. The summed E-state index contributed by atoms with van der Waals surface area (Å²) in [4.78, 5) is 32.7. The topological polar surface area (TPSA) is 79.1 Å². The molecule has 4 aromatic rings. The predicted molar refractivity (Wildman–Crippen MR) is 178 cm³/mol. The summed E-state index contributed by atoms with van der Waals surface area (Å²) in [6.07, 6.45) is 1.34. The Bertz CT molecular complexity index is 1990. The molecule has 0 fully saturated rings. The first-order valence-electron chi connectivity index (χ1n) is 13.4. The summed E-state index contributed by atoms with van der Waals surface area (Å²) in [6, 6.07) is 15.0. The lowest BCUT2D eigenvalue weighted by atomic mass is 9.95. The van der Waals surface area contributed by atoms with Gasteiger partial charge < -0.3 is 14.2 Å².